The molecule has 2 aromatic rings. The average Bonchev–Trinajstić information content (AvgIpc) is 2.42. The molecule has 0 heterocycles. The average molecular weight is 279 g/mol. The van der Waals surface area contributed by atoms with Gasteiger partial charge in [0.25, 0.3) is 5.91 Å². The van der Waals surface area contributed by atoms with E-state index >= 15 is 0 Å². The van der Waals surface area contributed by atoms with Crippen LogP contribution in [0.4, 0.5) is 8.78 Å². The first-order chi connectivity index (χ1) is 9.47. The number of benzene rings is 2. The minimum Gasteiger partial charge on any atom is -0.508 e. The molecule has 0 bridgehead atoms. The highest BCUT2D eigenvalue weighted by Gasteiger charge is 2.13. The van der Waals surface area contributed by atoms with Crippen LogP contribution in [0.25, 0.3) is 0 Å². The van der Waals surface area contributed by atoms with E-state index in [1.54, 1.807) is 0 Å². The fraction of sp³-hybridized carbons (Fsp3) is 0.0714. The Balaban J connectivity index is 2.12. The van der Waals surface area contributed by atoms with E-state index in [2.05, 4.69) is 5.32 Å². The molecule has 0 atom stereocenters. The fourth-order valence-corrected chi connectivity index (χ4v) is 1.66. The molecule has 0 aliphatic heterocycles. The number of carbonyl (C=O) groups excluding carboxylic acids is 1. The Morgan fingerprint density at radius 3 is 2.60 bits per heavy atom. The normalized spacial score (nSPS) is 10.3. The molecule has 20 heavy (non-hydrogen) atoms. The number of hydrogen-bond acceptors (Lipinski definition) is 3. The summed E-state index contributed by atoms with van der Waals surface area (Å²) in [7, 11) is 0. The monoisotopic (exact) mass is 279 g/mol. The van der Waals surface area contributed by atoms with E-state index in [0.717, 1.165) is 18.2 Å². The van der Waals surface area contributed by atoms with Crippen molar-refractivity contribution in [3.05, 3.63) is 59.2 Å². The van der Waals surface area contributed by atoms with Crippen LogP contribution in [-0.4, -0.2) is 16.1 Å². The quantitative estimate of drug-likeness (QED) is 0.755. The van der Waals surface area contributed by atoms with Crippen molar-refractivity contribution in [2.45, 2.75) is 6.54 Å². The summed E-state index contributed by atoms with van der Waals surface area (Å²) in [6, 6.07) is 6.36. The standard InChI is InChI=1S/C14H11F2NO3/c15-9-1-3-12(16)11(6-9)14(20)17-7-8-5-10(18)2-4-13(8)19/h1-6,18-19H,7H2,(H,17,20). The molecule has 6 heteroatoms. The number of hydrogen-bond donors (Lipinski definition) is 3. The second-order valence-electron chi connectivity index (χ2n) is 4.12. The molecule has 0 radical (unpaired) electrons. The maximum Gasteiger partial charge on any atom is 0.254 e. The van der Waals surface area contributed by atoms with Crippen molar-refractivity contribution < 1.29 is 23.8 Å². The van der Waals surface area contributed by atoms with Gasteiger partial charge < -0.3 is 15.5 Å². The highest BCUT2D eigenvalue weighted by molar-refractivity contribution is 5.94. The predicted molar refractivity (Wildman–Crippen MR) is 67.3 cm³/mol. The van der Waals surface area contributed by atoms with Crippen LogP contribution in [0.15, 0.2) is 36.4 Å². The Kier molecular flexibility index (Phi) is 3.84. The number of rotatable bonds is 3. The summed E-state index contributed by atoms with van der Waals surface area (Å²) in [5.74, 6) is -2.59. The molecule has 0 saturated carbocycles. The number of nitrogens with one attached hydrogen (secondary N) is 1. The van der Waals surface area contributed by atoms with E-state index in [1.807, 2.05) is 0 Å². The zero-order valence-corrected chi connectivity index (χ0v) is 10.2. The molecule has 2 rings (SSSR count). The minimum absolute atomic E-state index is 0.0796. The fourth-order valence-electron chi connectivity index (χ4n) is 1.66. The van der Waals surface area contributed by atoms with Gasteiger partial charge in [-0.25, -0.2) is 8.78 Å². The van der Waals surface area contributed by atoms with Crippen molar-refractivity contribution in [1.82, 2.24) is 5.32 Å². The summed E-state index contributed by atoms with van der Waals surface area (Å²) in [4.78, 5) is 11.7. The molecule has 0 fully saturated rings. The number of phenols is 2. The van der Waals surface area contributed by atoms with Crippen LogP contribution in [0.3, 0.4) is 0 Å². The number of phenolic OH excluding ortho intramolecular Hbond substituents is 2. The molecule has 4 nitrogen and oxygen atoms in total. The lowest BCUT2D eigenvalue weighted by Crippen LogP contribution is -2.24. The number of aromatic hydroxyl groups is 2. The van der Waals surface area contributed by atoms with E-state index < -0.39 is 23.1 Å². The van der Waals surface area contributed by atoms with Crippen molar-refractivity contribution in [2.24, 2.45) is 0 Å². The third kappa shape index (κ3) is 3.03. The highest BCUT2D eigenvalue weighted by atomic mass is 19.1. The second-order valence-corrected chi connectivity index (χ2v) is 4.12. The maximum atomic E-state index is 13.4. The summed E-state index contributed by atoms with van der Waals surface area (Å²) < 4.78 is 26.3. The van der Waals surface area contributed by atoms with Crippen LogP contribution >= 0.6 is 0 Å². The number of amides is 1. The Morgan fingerprint density at radius 1 is 1.10 bits per heavy atom. The topological polar surface area (TPSA) is 69.6 Å². The van der Waals surface area contributed by atoms with Crippen molar-refractivity contribution in [2.75, 3.05) is 0 Å². The molecule has 0 unspecified atom stereocenters. The molecular formula is C14H11F2NO3. The van der Waals surface area contributed by atoms with Gasteiger partial charge in [0.15, 0.2) is 0 Å². The molecule has 0 aliphatic rings. The molecule has 104 valence electrons. The first-order valence-electron chi connectivity index (χ1n) is 5.71. The third-order valence-electron chi connectivity index (χ3n) is 2.68. The highest BCUT2D eigenvalue weighted by Crippen LogP contribution is 2.21. The SMILES string of the molecule is O=C(NCc1cc(O)ccc1O)c1cc(F)ccc1F. The zero-order chi connectivity index (χ0) is 14.7. The summed E-state index contributed by atoms with van der Waals surface area (Å²) in [5.41, 5.74) is -0.167. The molecule has 0 spiro atoms. The van der Waals surface area contributed by atoms with Gasteiger partial charge in [-0.3, -0.25) is 4.79 Å². The van der Waals surface area contributed by atoms with E-state index in [4.69, 9.17) is 0 Å². The smallest absolute Gasteiger partial charge is 0.254 e. The number of halogens is 2. The van der Waals surface area contributed by atoms with Crippen LogP contribution in [0, 0.1) is 11.6 Å². The minimum atomic E-state index is -0.843. The van der Waals surface area contributed by atoms with Gasteiger partial charge in [0.2, 0.25) is 0 Å². The van der Waals surface area contributed by atoms with Crippen molar-refractivity contribution in [1.29, 1.82) is 0 Å². The zero-order valence-electron chi connectivity index (χ0n) is 10.2. The lowest BCUT2D eigenvalue weighted by Gasteiger charge is -2.08. The second kappa shape index (κ2) is 5.56. The molecule has 0 saturated heterocycles. The van der Waals surface area contributed by atoms with Gasteiger partial charge in [0, 0.05) is 12.1 Å². The predicted octanol–water partition coefficient (Wildman–Crippen LogP) is 2.31. The largest absolute Gasteiger partial charge is 0.508 e. The summed E-state index contributed by atoms with van der Waals surface area (Å²) in [6.07, 6.45) is 0. The van der Waals surface area contributed by atoms with E-state index in [1.165, 1.54) is 18.2 Å². The summed E-state index contributed by atoms with van der Waals surface area (Å²) in [5, 5.41) is 21.1. The molecule has 0 aliphatic carbocycles. The van der Waals surface area contributed by atoms with E-state index in [0.29, 0.717) is 0 Å². The lowest BCUT2D eigenvalue weighted by atomic mass is 10.1. The van der Waals surface area contributed by atoms with Crippen molar-refractivity contribution in [3.63, 3.8) is 0 Å². The molecule has 3 N–H and O–H groups in total. The summed E-state index contributed by atoms with van der Waals surface area (Å²) >= 11 is 0. The van der Waals surface area contributed by atoms with Gasteiger partial charge in [-0.15, -0.1) is 0 Å². The van der Waals surface area contributed by atoms with Crippen LogP contribution in [0.1, 0.15) is 15.9 Å². The van der Waals surface area contributed by atoms with Gasteiger partial charge in [-0.05, 0) is 36.4 Å². The Labute approximate surface area is 113 Å². The van der Waals surface area contributed by atoms with E-state index in [-0.39, 0.29) is 23.6 Å². The van der Waals surface area contributed by atoms with Crippen LogP contribution in [-0.2, 0) is 6.54 Å². The molecule has 1 amide bonds. The van der Waals surface area contributed by atoms with Gasteiger partial charge >= 0.3 is 0 Å². The van der Waals surface area contributed by atoms with Gasteiger partial charge in [-0.1, -0.05) is 0 Å². The Hall–Kier alpha value is -2.63. The Bertz CT molecular complexity index is 659. The Morgan fingerprint density at radius 2 is 1.85 bits per heavy atom. The maximum absolute atomic E-state index is 13.4. The first kappa shape index (κ1) is 13.8. The third-order valence-corrected chi connectivity index (χ3v) is 2.68. The van der Waals surface area contributed by atoms with Crippen molar-refractivity contribution >= 4 is 5.91 Å². The van der Waals surface area contributed by atoms with E-state index in [9.17, 15) is 23.8 Å². The van der Waals surface area contributed by atoms with Gasteiger partial charge in [-0.2, -0.15) is 0 Å². The number of carbonyl (C=O) groups is 1. The summed E-state index contributed by atoms with van der Waals surface area (Å²) in [6.45, 7) is -0.130. The van der Waals surface area contributed by atoms with Crippen LogP contribution in [0.5, 0.6) is 11.5 Å². The van der Waals surface area contributed by atoms with Crippen LogP contribution < -0.4 is 5.32 Å². The lowest BCUT2D eigenvalue weighted by molar-refractivity contribution is 0.0946. The van der Waals surface area contributed by atoms with Gasteiger partial charge in [0.1, 0.15) is 23.1 Å². The molecule has 0 aromatic heterocycles. The molecular weight excluding hydrogens is 268 g/mol. The molecule has 2 aromatic carbocycles. The first-order valence-corrected chi connectivity index (χ1v) is 5.71. The van der Waals surface area contributed by atoms with Crippen molar-refractivity contribution in [3.8, 4) is 11.5 Å². The van der Waals surface area contributed by atoms with Crippen LogP contribution in [0.2, 0.25) is 0 Å². The van der Waals surface area contributed by atoms with Gasteiger partial charge in [0.05, 0.1) is 5.56 Å².